The molecule has 0 aromatic heterocycles. The van der Waals surface area contributed by atoms with Crippen molar-refractivity contribution in [3.63, 3.8) is 0 Å². The number of benzene rings is 2. The number of nitrogens with one attached hydrogen (secondary N) is 2. The second kappa shape index (κ2) is 7.32. The van der Waals surface area contributed by atoms with Gasteiger partial charge in [-0.15, -0.1) is 0 Å². The number of amides is 2. The Hall–Kier alpha value is -2.38. The Morgan fingerprint density at radius 2 is 1.70 bits per heavy atom. The van der Waals surface area contributed by atoms with Crippen LogP contribution >= 0.6 is 11.6 Å². The Kier molecular flexibility index (Phi) is 5.26. The van der Waals surface area contributed by atoms with Crippen molar-refractivity contribution in [2.45, 2.75) is 36.5 Å². The van der Waals surface area contributed by atoms with Crippen molar-refractivity contribution in [3.8, 4) is 0 Å². The van der Waals surface area contributed by atoms with Gasteiger partial charge < -0.3 is 0 Å². The topological polar surface area (TPSA) is 92.3 Å². The third-order valence-corrected chi connectivity index (χ3v) is 6.53. The van der Waals surface area contributed by atoms with Crippen LogP contribution < -0.4 is 10.0 Å². The van der Waals surface area contributed by atoms with Crippen molar-refractivity contribution in [3.05, 3.63) is 59.1 Å². The third kappa shape index (κ3) is 3.84. The highest BCUT2D eigenvalue weighted by atomic mass is 35.5. The van der Waals surface area contributed by atoms with E-state index in [1.54, 1.807) is 24.3 Å². The second-order valence-corrected chi connectivity index (χ2v) is 8.57. The summed E-state index contributed by atoms with van der Waals surface area (Å²) in [6, 6.07) is 12.5. The molecule has 0 bridgehead atoms. The molecule has 0 saturated carbocycles. The molecule has 2 aromatic rings. The molecule has 2 N–H and O–H groups in total. The SMILES string of the molecule is CC[C@]1(c2ccc(NS(=O)(=O)c3ccc(Cl)cc3)cc2)CCC(=O)NC1=O. The predicted molar refractivity (Wildman–Crippen MR) is 103 cm³/mol. The third-order valence-electron chi connectivity index (χ3n) is 4.88. The molecule has 0 aliphatic carbocycles. The van der Waals surface area contributed by atoms with Crippen molar-refractivity contribution >= 4 is 39.1 Å². The van der Waals surface area contributed by atoms with Crippen molar-refractivity contribution in [1.29, 1.82) is 0 Å². The lowest BCUT2D eigenvalue weighted by atomic mass is 9.72. The lowest BCUT2D eigenvalue weighted by Crippen LogP contribution is -2.51. The number of hydrogen-bond acceptors (Lipinski definition) is 4. The van der Waals surface area contributed by atoms with Crippen LogP contribution in [0.25, 0.3) is 0 Å². The molecule has 1 aliphatic rings. The fourth-order valence-corrected chi connectivity index (χ4v) is 4.44. The van der Waals surface area contributed by atoms with E-state index in [0.717, 1.165) is 5.56 Å². The number of hydrogen-bond donors (Lipinski definition) is 2. The quantitative estimate of drug-likeness (QED) is 0.745. The maximum Gasteiger partial charge on any atom is 0.261 e. The molecule has 1 heterocycles. The molecular formula is C19H19ClN2O4S. The Morgan fingerprint density at radius 3 is 2.26 bits per heavy atom. The van der Waals surface area contributed by atoms with Gasteiger partial charge in [-0.05, 0) is 54.8 Å². The summed E-state index contributed by atoms with van der Waals surface area (Å²) in [5.74, 6) is -0.577. The van der Waals surface area contributed by atoms with Crippen molar-refractivity contribution < 1.29 is 18.0 Å². The van der Waals surface area contributed by atoms with Gasteiger partial charge >= 0.3 is 0 Å². The fraction of sp³-hybridized carbons (Fsp3) is 0.263. The average molecular weight is 407 g/mol. The lowest BCUT2D eigenvalue weighted by Gasteiger charge is -2.35. The Balaban J connectivity index is 1.84. The summed E-state index contributed by atoms with van der Waals surface area (Å²) in [7, 11) is -3.74. The Labute approximate surface area is 163 Å². The van der Waals surface area contributed by atoms with Crippen LogP contribution in [-0.4, -0.2) is 20.2 Å². The van der Waals surface area contributed by atoms with Gasteiger partial charge in [0.05, 0.1) is 10.3 Å². The molecule has 27 heavy (non-hydrogen) atoms. The zero-order valence-corrected chi connectivity index (χ0v) is 16.2. The summed E-state index contributed by atoms with van der Waals surface area (Å²) in [5, 5.41) is 2.85. The standard InChI is InChI=1S/C19H19ClN2O4S/c1-2-19(12-11-17(23)21-18(19)24)13-3-7-15(8-4-13)22-27(25,26)16-9-5-14(20)6-10-16/h3-10,22H,2,11-12H2,1H3,(H,21,23,24)/t19-/m1/s1. The van der Waals surface area contributed by atoms with Crippen LogP contribution in [0, 0.1) is 0 Å². The summed E-state index contributed by atoms with van der Waals surface area (Å²) in [4.78, 5) is 24.0. The number of rotatable bonds is 5. The predicted octanol–water partition coefficient (Wildman–Crippen LogP) is 3.23. The summed E-state index contributed by atoms with van der Waals surface area (Å²) in [6.07, 6.45) is 1.26. The minimum Gasteiger partial charge on any atom is -0.296 e. The van der Waals surface area contributed by atoms with Crippen LogP contribution in [0.3, 0.4) is 0 Å². The van der Waals surface area contributed by atoms with E-state index in [0.29, 0.717) is 23.6 Å². The molecule has 142 valence electrons. The Morgan fingerprint density at radius 1 is 1.07 bits per heavy atom. The van der Waals surface area contributed by atoms with Crippen LogP contribution in [0.1, 0.15) is 31.7 Å². The number of sulfonamides is 1. The first kappa shape index (κ1) is 19.4. The molecule has 3 rings (SSSR count). The number of halogens is 1. The van der Waals surface area contributed by atoms with E-state index in [1.165, 1.54) is 24.3 Å². The number of imide groups is 1. The van der Waals surface area contributed by atoms with Gasteiger partial charge in [-0.25, -0.2) is 8.42 Å². The second-order valence-electron chi connectivity index (χ2n) is 6.45. The minimum atomic E-state index is -3.74. The summed E-state index contributed by atoms with van der Waals surface area (Å²) >= 11 is 5.79. The first-order valence-corrected chi connectivity index (χ1v) is 10.4. The van der Waals surface area contributed by atoms with E-state index in [-0.39, 0.29) is 23.1 Å². The number of carbonyl (C=O) groups excluding carboxylic acids is 2. The molecule has 2 aromatic carbocycles. The van der Waals surface area contributed by atoms with Gasteiger partial charge in [0, 0.05) is 17.1 Å². The van der Waals surface area contributed by atoms with Crippen LogP contribution in [0.4, 0.5) is 5.69 Å². The molecule has 1 fully saturated rings. The van der Waals surface area contributed by atoms with Gasteiger partial charge in [-0.2, -0.15) is 0 Å². The van der Waals surface area contributed by atoms with Crippen LogP contribution in [0.5, 0.6) is 0 Å². The largest absolute Gasteiger partial charge is 0.296 e. The summed E-state index contributed by atoms with van der Waals surface area (Å²) in [6.45, 7) is 1.90. The van der Waals surface area contributed by atoms with Gasteiger partial charge in [0.1, 0.15) is 0 Å². The van der Waals surface area contributed by atoms with Gasteiger partial charge in [-0.3, -0.25) is 19.6 Å². The monoisotopic (exact) mass is 406 g/mol. The van der Waals surface area contributed by atoms with E-state index >= 15 is 0 Å². The van der Waals surface area contributed by atoms with E-state index in [2.05, 4.69) is 10.0 Å². The van der Waals surface area contributed by atoms with Crippen molar-refractivity contribution in [2.24, 2.45) is 0 Å². The Bertz CT molecular complexity index is 972. The molecule has 2 amide bonds. The zero-order valence-electron chi connectivity index (χ0n) is 14.7. The molecule has 1 saturated heterocycles. The molecule has 8 heteroatoms. The molecular weight excluding hydrogens is 388 g/mol. The van der Waals surface area contributed by atoms with Crippen molar-refractivity contribution in [2.75, 3.05) is 4.72 Å². The fourth-order valence-electron chi connectivity index (χ4n) is 3.25. The number of anilines is 1. The average Bonchev–Trinajstić information content (AvgIpc) is 2.63. The molecule has 0 spiro atoms. The maximum atomic E-state index is 12.5. The van der Waals surface area contributed by atoms with Gasteiger partial charge in [0.2, 0.25) is 11.8 Å². The van der Waals surface area contributed by atoms with E-state index in [4.69, 9.17) is 11.6 Å². The summed E-state index contributed by atoms with van der Waals surface area (Å²) in [5.41, 5.74) is 0.360. The molecule has 1 aliphatic heterocycles. The van der Waals surface area contributed by atoms with E-state index < -0.39 is 15.4 Å². The van der Waals surface area contributed by atoms with Gasteiger partial charge in [0.15, 0.2) is 0 Å². The smallest absolute Gasteiger partial charge is 0.261 e. The molecule has 0 radical (unpaired) electrons. The maximum absolute atomic E-state index is 12.5. The number of piperidine rings is 1. The van der Waals surface area contributed by atoms with Gasteiger partial charge in [-0.1, -0.05) is 30.7 Å². The molecule has 0 unspecified atom stereocenters. The molecule has 1 atom stereocenters. The van der Waals surface area contributed by atoms with Gasteiger partial charge in [0.25, 0.3) is 10.0 Å². The molecule has 6 nitrogen and oxygen atoms in total. The first-order valence-electron chi connectivity index (χ1n) is 8.50. The summed E-state index contributed by atoms with van der Waals surface area (Å²) < 4.78 is 27.4. The van der Waals surface area contributed by atoms with Crippen LogP contribution in [0.15, 0.2) is 53.4 Å². The highest BCUT2D eigenvalue weighted by Gasteiger charge is 2.42. The van der Waals surface area contributed by atoms with E-state index in [9.17, 15) is 18.0 Å². The lowest BCUT2D eigenvalue weighted by molar-refractivity contribution is -0.138. The zero-order chi connectivity index (χ0) is 19.7. The first-order chi connectivity index (χ1) is 12.8. The van der Waals surface area contributed by atoms with E-state index in [1.807, 2.05) is 6.92 Å². The number of carbonyl (C=O) groups is 2. The van der Waals surface area contributed by atoms with Crippen LogP contribution in [0.2, 0.25) is 5.02 Å². The minimum absolute atomic E-state index is 0.103. The normalized spacial score (nSPS) is 20.2. The highest BCUT2D eigenvalue weighted by molar-refractivity contribution is 7.92. The van der Waals surface area contributed by atoms with Crippen LogP contribution in [-0.2, 0) is 25.0 Å². The van der Waals surface area contributed by atoms with Crippen molar-refractivity contribution in [1.82, 2.24) is 5.32 Å². The highest BCUT2D eigenvalue weighted by Crippen LogP contribution is 2.36.